The maximum Gasteiger partial charge on any atom is 0.339 e. The van der Waals surface area contributed by atoms with E-state index >= 15 is 0 Å². The van der Waals surface area contributed by atoms with E-state index in [-0.39, 0.29) is 11.6 Å². The number of aryl methyl sites for hydroxylation is 1. The Balaban J connectivity index is 2.23. The van der Waals surface area contributed by atoms with Gasteiger partial charge in [0.1, 0.15) is 5.82 Å². The van der Waals surface area contributed by atoms with Crippen LogP contribution in [0.25, 0.3) is 0 Å². The highest BCUT2D eigenvalue weighted by Crippen LogP contribution is 2.21. The molecule has 122 valence electrons. The summed E-state index contributed by atoms with van der Waals surface area (Å²) in [5, 5.41) is 3.01. The largest absolute Gasteiger partial charge is 0.465 e. The van der Waals surface area contributed by atoms with Crippen molar-refractivity contribution in [1.82, 2.24) is 4.98 Å². The molecule has 2 rings (SSSR count). The van der Waals surface area contributed by atoms with Gasteiger partial charge in [-0.3, -0.25) is 4.79 Å². The van der Waals surface area contributed by atoms with Gasteiger partial charge in [-0.1, -0.05) is 0 Å². The summed E-state index contributed by atoms with van der Waals surface area (Å²) in [7, 11) is 1.30. The van der Waals surface area contributed by atoms with Gasteiger partial charge in [0.2, 0.25) is 5.78 Å². The lowest BCUT2D eigenvalue weighted by Crippen LogP contribution is -2.27. The minimum absolute atomic E-state index is 0.190. The standard InChI is InChI=1S/C17H19FN2O3/c1-9-14(17(22)23-4)10(2)20-15(9)16(21)11(3)19-13-7-5-12(18)6-8-13/h5-8,11,19-20H,1-4H3/t11-/m1/s1. The SMILES string of the molecule is COC(=O)c1c(C)[nH]c(C(=O)[C@@H](C)Nc2ccc(F)cc2)c1C. The molecule has 23 heavy (non-hydrogen) atoms. The Bertz CT molecular complexity index is 735. The van der Waals surface area contributed by atoms with Gasteiger partial charge in [0.25, 0.3) is 0 Å². The molecule has 2 N–H and O–H groups in total. The molecule has 1 aromatic heterocycles. The Labute approximate surface area is 133 Å². The third-order valence-corrected chi connectivity index (χ3v) is 3.69. The van der Waals surface area contributed by atoms with Crippen LogP contribution in [0, 0.1) is 19.7 Å². The average molecular weight is 318 g/mol. The number of H-pyrrole nitrogens is 1. The highest BCUT2D eigenvalue weighted by Gasteiger charge is 2.25. The van der Waals surface area contributed by atoms with Crippen LogP contribution in [-0.2, 0) is 4.74 Å². The molecular formula is C17H19FN2O3. The number of aromatic nitrogens is 1. The second-order valence-electron chi connectivity index (χ2n) is 5.35. The number of benzene rings is 1. The fraction of sp³-hybridized carbons (Fsp3) is 0.294. The van der Waals surface area contributed by atoms with E-state index in [0.29, 0.717) is 28.2 Å². The third kappa shape index (κ3) is 3.41. The van der Waals surface area contributed by atoms with Gasteiger partial charge in [-0.2, -0.15) is 0 Å². The van der Waals surface area contributed by atoms with E-state index in [1.807, 2.05) is 0 Å². The number of rotatable bonds is 5. The molecule has 0 bridgehead atoms. The predicted octanol–water partition coefficient (Wildman–Crippen LogP) is 3.24. The van der Waals surface area contributed by atoms with Crippen LogP contribution >= 0.6 is 0 Å². The first-order valence-electron chi connectivity index (χ1n) is 7.19. The number of halogens is 1. The van der Waals surface area contributed by atoms with Gasteiger partial charge in [0.05, 0.1) is 24.4 Å². The molecule has 0 fully saturated rings. The molecule has 6 heteroatoms. The molecule has 0 spiro atoms. The maximum absolute atomic E-state index is 12.9. The zero-order valence-electron chi connectivity index (χ0n) is 13.5. The fourth-order valence-electron chi connectivity index (χ4n) is 2.48. The molecular weight excluding hydrogens is 299 g/mol. The van der Waals surface area contributed by atoms with E-state index in [4.69, 9.17) is 4.74 Å². The first-order chi connectivity index (χ1) is 10.8. The van der Waals surface area contributed by atoms with Gasteiger partial charge >= 0.3 is 5.97 Å². The van der Waals surface area contributed by atoms with Crippen molar-refractivity contribution in [1.29, 1.82) is 0 Å². The van der Waals surface area contributed by atoms with Crippen LogP contribution in [-0.4, -0.2) is 29.9 Å². The second-order valence-corrected chi connectivity index (χ2v) is 5.35. The number of aromatic amines is 1. The van der Waals surface area contributed by atoms with Gasteiger partial charge < -0.3 is 15.0 Å². The summed E-state index contributed by atoms with van der Waals surface area (Å²) in [4.78, 5) is 27.3. The van der Waals surface area contributed by atoms with Crippen molar-refractivity contribution in [2.24, 2.45) is 0 Å². The molecule has 0 saturated heterocycles. The minimum Gasteiger partial charge on any atom is -0.465 e. The quantitative estimate of drug-likeness (QED) is 0.656. The summed E-state index contributed by atoms with van der Waals surface area (Å²) >= 11 is 0. The normalized spacial score (nSPS) is 11.9. The molecule has 0 aliphatic carbocycles. The number of esters is 1. The molecule has 0 aliphatic rings. The van der Waals surface area contributed by atoms with Crippen LogP contribution in [0.3, 0.4) is 0 Å². The summed E-state index contributed by atoms with van der Waals surface area (Å²) in [6.45, 7) is 5.13. The Morgan fingerprint density at radius 2 is 1.83 bits per heavy atom. The molecule has 1 aromatic carbocycles. The van der Waals surface area contributed by atoms with Crippen molar-refractivity contribution in [3.8, 4) is 0 Å². The molecule has 0 radical (unpaired) electrons. The zero-order chi connectivity index (χ0) is 17.1. The Morgan fingerprint density at radius 1 is 1.22 bits per heavy atom. The highest BCUT2D eigenvalue weighted by atomic mass is 19.1. The van der Waals surface area contributed by atoms with E-state index in [1.165, 1.54) is 19.2 Å². The molecule has 0 saturated carbocycles. The lowest BCUT2D eigenvalue weighted by molar-refractivity contribution is 0.0599. The van der Waals surface area contributed by atoms with E-state index in [0.717, 1.165) is 0 Å². The number of carbonyl (C=O) groups excluding carboxylic acids is 2. The van der Waals surface area contributed by atoms with Gasteiger partial charge in [-0.15, -0.1) is 0 Å². The van der Waals surface area contributed by atoms with Gasteiger partial charge in [0.15, 0.2) is 0 Å². The summed E-state index contributed by atoms with van der Waals surface area (Å²) in [5.74, 6) is -1.01. The third-order valence-electron chi connectivity index (χ3n) is 3.69. The van der Waals surface area contributed by atoms with Crippen molar-refractivity contribution in [2.45, 2.75) is 26.8 Å². The van der Waals surface area contributed by atoms with Crippen molar-refractivity contribution >= 4 is 17.4 Å². The van der Waals surface area contributed by atoms with Crippen LogP contribution < -0.4 is 5.32 Å². The number of hydrogen-bond donors (Lipinski definition) is 2. The molecule has 1 heterocycles. The van der Waals surface area contributed by atoms with Crippen molar-refractivity contribution in [2.75, 3.05) is 12.4 Å². The molecule has 0 unspecified atom stereocenters. The number of methoxy groups -OCH3 is 1. The van der Waals surface area contributed by atoms with Crippen molar-refractivity contribution in [3.05, 3.63) is 52.6 Å². The van der Waals surface area contributed by atoms with Crippen LogP contribution in [0.1, 0.15) is 39.0 Å². The lowest BCUT2D eigenvalue weighted by Gasteiger charge is -2.14. The topological polar surface area (TPSA) is 71.2 Å². The van der Waals surface area contributed by atoms with E-state index in [2.05, 4.69) is 10.3 Å². The fourth-order valence-corrected chi connectivity index (χ4v) is 2.48. The van der Waals surface area contributed by atoms with Crippen LogP contribution in [0.2, 0.25) is 0 Å². The van der Waals surface area contributed by atoms with E-state index < -0.39 is 12.0 Å². The van der Waals surface area contributed by atoms with Crippen molar-refractivity contribution in [3.63, 3.8) is 0 Å². The summed E-state index contributed by atoms with van der Waals surface area (Å²) in [6, 6.07) is 5.22. The zero-order valence-corrected chi connectivity index (χ0v) is 13.5. The molecule has 0 amide bonds. The lowest BCUT2D eigenvalue weighted by atomic mass is 10.0. The number of ether oxygens (including phenoxy) is 1. The monoisotopic (exact) mass is 318 g/mol. The number of nitrogens with one attached hydrogen (secondary N) is 2. The van der Waals surface area contributed by atoms with Gasteiger partial charge in [-0.25, -0.2) is 9.18 Å². The Kier molecular flexibility index (Phi) is 4.83. The van der Waals surface area contributed by atoms with Gasteiger partial charge in [0, 0.05) is 11.4 Å². The number of ketones is 1. The molecule has 0 aliphatic heterocycles. The van der Waals surface area contributed by atoms with Crippen LogP contribution in [0.15, 0.2) is 24.3 Å². The summed E-state index contributed by atoms with van der Waals surface area (Å²) < 4.78 is 17.7. The Hall–Kier alpha value is -2.63. The molecule has 2 aromatic rings. The number of anilines is 1. The molecule has 1 atom stereocenters. The average Bonchev–Trinajstić information content (AvgIpc) is 2.82. The van der Waals surface area contributed by atoms with Crippen molar-refractivity contribution < 1.29 is 18.7 Å². The number of Topliss-reactive ketones (excluding diaryl/α,β-unsaturated/α-hetero) is 1. The first kappa shape index (κ1) is 16.7. The summed E-state index contributed by atoms with van der Waals surface area (Å²) in [5.41, 5.74) is 2.54. The number of hydrogen-bond acceptors (Lipinski definition) is 4. The first-order valence-corrected chi connectivity index (χ1v) is 7.19. The predicted molar refractivity (Wildman–Crippen MR) is 85.4 cm³/mol. The van der Waals surface area contributed by atoms with Crippen LogP contribution in [0.4, 0.5) is 10.1 Å². The molecule has 5 nitrogen and oxygen atoms in total. The maximum atomic E-state index is 12.9. The smallest absolute Gasteiger partial charge is 0.339 e. The van der Waals surface area contributed by atoms with Crippen LogP contribution in [0.5, 0.6) is 0 Å². The van der Waals surface area contributed by atoms with E-state index in [1.54, 1.807) is 32.9 Å². The minimum atomic E-state index is -0.539. The van der Waals surface area contributed by atoms with Gasteiger partial charge in [-0.05, 0) is 50.6 Å². The number of carbonyl (C=O) groups is 2. The van der Waals surface area contributed by atoms with E-state index in [9.17, 15) is 14.0 Å². The highest BCUT2D eigenvalue weighted by molar-refractivity contribution is 6.04. The Morgan fingerprint density at radius 3 is 2.39 bits per heavy atom. The summed E-state index contributed by atoms with van der Waals surface area (Å²) in [6.07, 6.45) is 0. The second kappa shape index (κ2) is 6.64.